The summed E-state index contributed by atoms with van der Waals surface area (Å²) in [5.74, 6) is -0.763. The van der Waals surface area contributed by atoms with Crippen LogP contribution in [0.5, 0.6) is 0 Å². The molecule has 3 rings (SSSR count). The maximum absolute atomic E-state index is 13.3. The van der Waals surface area contributed by atoms with Gasteiger partial charge in [0, 0.05) is 12.0 Å². The number of imide groups is 1. The zero-order valence-electron chi connectivity index (χ0n) is 14.9. The Kier molecular flexibility index (Phi) is 3.59. The van der Waals surface area contributed by atoms with Crippen molar-refractivity contribution in [1.82, 2.24) is 10.2 Å². The molecule has 0 bridgehead atoms. The molecule has 1 aromatic carbocycles. The molecule has 128 valence electrons. The number of hydrogen-bond donors (Lipinski definition) is 1. The molecule has 1 aromatic rings. The molecule has 5 nitrogen and oxygen atoms in total. The van der Waals surface area contributed by atoms with E-state index in [0.717, 1.165) is 11.1 Å². The molecule has 2 aliphatic rings. The predicted molar refractivity (Wildman–Crippen MR) is 90.5 cm³/mol. The molecule has 1 atom stereocenters. The molecule has 5 heteroatoms. The molecule has 1 unspecified atom stereocenters. The van der Waals surface area contributed by atoms with Crippen LogP contribution >= 0.6 is 0 Å². The van der Waals surface area contributed by atoms with Crippen molar-refractivity contribution in [3.63, 3.8) is 0 Å². The minimum Gasteiger partial charge on any atom is -0.317 e. The maximum Gasteiger partial charge on any atom is 0.255 e. The summed E-state index contributed by atoms with van der Waals surface area (Å²) in [5.41, 5.74) is 1.89. The van der Waals surface area contributed by atoms with Gasteiger partial charge in [0.2, 0.25) is 11.8 Å². The van der Waals surface area contributed by atoms with Crippen LogP contribution in [-0.4, -0.2) is 28.7 Å². The third-order valence-electron chi connectivity index (χ3n) is 5.09. The average Bonchev–Trinajstić information content (AvgIpc) is 2.66. The van der Waals surface area contributed by atoms with E-state index in [1.54, 1.807) is 4.90 Å². The number of carbonyl (C=O) groups excluding carboxylic acids is 3. The van der Waals surface area contributed by atoms with Crippen molar-refractivity contribution < 1.29 is 14.4 Å². The van der Waals surface area contributed by atoms with Crippen LogP contribution in [0.15, 0.2) is 18.2 Å². The monoisotopic (exact) mass is 328 g/mol. The van der Waals surface area contributed by atoms with E-state index in [2.05, 4.69) is 26.1 Å². The molecular formula is C19H24N2O3. The van der Waals surface area contributed by atoms with Gasteiger partial charge in [-0.1, -0.05) is 39.0 Å². The smallest absolute Gasteiger partial charge is 0.255 e. The molecule has 2 heterocycles. The van der Waals surface area contributed by atoms with Crippen molar-refractivity contribution in [1.29, 1.82) is 0 Å². The number of amides is 3. The summed E-state index contributed by atoms with van der Waals surface area (Å²) >= 11 is 0. The number of carbonyl (C=O) groups is 3. The minimum absolute atomic E-state index is 0.116. The number of benzene rings is 1. The summed E-state index contributed by atoms with van der Waals surface area (Å²) in [6, 6.07) is 5.32. The summed E-state index contributed by atoms with van der Waals surface area (Å²) in [6.07, 6.45) is 0.636. The molecule has 0 saturated carbocycles. The minimum atomic E-state index is -0.606. The molecule has 0 spiro atoms. The molecule has 0 radical (unpaired) electrons. The largest absolute Gasteiger partial charge is 0.317 e. The van der Waals surface area contributed by atoms with E-state index in [-0.39, 0.29) is 29.6 Å². The maximum atomic E-state index is 13.3. The number of piperidine rings is 1. The molecule has 0 aromatic heterocycles. The molecular weight excluding hydrogens is 304 g/mol. The van der Waals surface area contributed by atoms with E-state index >= 15 is 0 Å². The van der Waals surface area contributed by atoms with Gasteiger partial charge in [0.05, 0.1) is 5.54 Å². The number of hydrogen-bond acceptors (Lipinski definition) is 3. The number of fused-ring (bicyclic) bond motifs is 1. The fraction of sp³-hybridized carbons (Fsp3) is 0.526. The first-order valence-electron chi connectivity index (χ1n) is 8.36. The van der Waals surface area contributed by atoms with Gasteiger partial charge in [0.1, 0.15) is 6.04 Å². The highest BCUT2D eigenvalue weighted by molar-refractivity contribution is 6.07. The third kappa shape index (κ3) is 2.34. The Bertz CT molecular complexity index is 743. The Morgan fingerprint density at radius 2 is 1.83 bits per heavy atom. The SMILES string of the molecule is CC(C)(C)c1cccc2c1C(=O)N(C1CCC(=O)NC1=O)C2(C)C. The summed E-state index contributed by atoms with van der Waals surface area (Å²) in [5, 5.41) is 2.36. The van der Waals surface area contributed by atoms with Gasteiger partial charge in [-0.15, -0.1) is 0 Å². The van der Waals surface area contributed by atoms with Crippen LogP contribution in [0, 0.1) is 0 Å². The summed E-state index contributed by atoms with van der Waals surface area (Å²) in [7, 11) is 0. The zero-order chi connectivity index (χ0) is 17.9. The van der Waals surface area contributed by atoms with Crippen LogP contribution in [0.4, 0.5) is 0 Å². The normalized spacial score (nSPS) is 23.3. The van der Waals surface area contributed by atoms with Crippen LogP contribution in [0.25, 0.3) is 0 Å². The second-order valence-electron chi connectivity index (χ2n) is 8.18. The number of nitrogens with zero attached hydrogens (tertiary/aromatic N) is 1. The zero-order valence-corrected chi connectivity index (χ0v) is 14.9. The Hall–Kier alpha value is -2.17. The van der Waals surface area contributed by atoms with E-state index in [4.69, 9.17) is 0 Å². The lowest BCUT2D eigenvalue weighted by atomic mass is 9.80. The van der Waals surface area contributed by atoms with Crippen LogP contribution in [-0.2, 0) is 20.5 Å². The van der Waals surface area contributed by atoms with Gasteiger partial charge in [-0.25, -0.2) is 0 Å². The predicted octanol–water partition coefficient (Wildman–Crippen LogP) is 2.48. The van der Waals surface area contributed by atoms with Gasteiger partial charge in [0.25, 0.3) is 5.91 Å². The first kappa shape index (κ1) is 16.7. The highest BCUT2D eigenvalue weighted by Gasteiger charge is 2.50. The van der Waals surface area contributed by atoms with E-state index in [1.807, 2.05) is 32.0 Å². The van der Waals surface area contributed by atoms with E-state index in [1.165, 1.54) is 0 Å². The van der Waals surface area contributed by atoms with Crippen molar-refractivity contribution in [2.45, 2.75) is 64.5 Å². The van der Waals surface area contributed by atoms with Crippen molar-refractivity contribution in [2.24, 2.45) is 0 Å². The number of rotatable bonds is 1. The molecule has 1 N–H and O–H groups in total. The van der Waals surface area contributed by atoms with Crippen molar-refractivity contribution in [2.75, 3.05) is 0 Å². The Labute approximate surface area is 142 Å². The van der Waals surface area contributed by atoms with Gasteiger partial charge < -0.3 is 4.90 Å². The van der Waals surface area contributed by atoms with Crippen LogP contribution in [0.3, 0.4) is 0 Å². The average molecular weight is 328 g/mol. The fourth-order valence-electron chi connectivity index (χ4n) is 3.88. The topological polar surface area (TPSA) is 66.5 Å². The van der Waals surface area contributed by atoms with Crippen LogP contribution < -0.4 is 5.32 Å². The molecule has 2 aliphatic heterocycles. The molecule has 1 saturated heterocycles. The highest BCUT2D eigenvalue weighted by atomic mass is 16.2. The second-order valence-corrected chi connectivity index (χ2v) is 8.18. The van der Waals surface area contributed by atoms with Crippen molar-refractivity contribution >= 4 is 17.7 Å². The number of nitrogens with one attached hydrogen (secondary N) is 1. The Morgan fingerprint density at radius 3 is 2.42 bits per heavy atom. The summed E-state index contributed by atoms with van der Waals surface area (Å²) in [4.78, 5) is 38.7. The molecule has 3 amide bonds. The fourth-order valence-corrected chi connectivity index (χ4v) is 3.88. The Morgan fingerprint density at radius 1 is 1.17 bits per heavy atom. The summed E-state index contributed by atoms with van der Waals surface area (Å²) < 4.78 is 0. The van der Waals surface area contributed by atoms with Gasteiger partial charge in [0.15, 0.2) is 0 Å². The van der Waals surface area contributed by atoms with Gasteiger partial charge >= 0.3 is 0 Å². The molecule has 24 heavy (non-hydrogen) atoms. The standard InChI is InChI=1S/C19H24N2O3/c1-18(2,3)11-7-6-8-12-15(11)17(24)21(19(12,4)5)13-9-10-14(22)20-16(13)23/h6-8,13H,9-10H2,1-5H3,(H,20,22,23). The quantitative estimate of drug-likeness (QED) is 0.806. The van der Waals surface area contributed by atoms with E-state index in [9.17, 15) is 14.4 Å². The first-order valence-corrected chi connectivity index (χ1v) is 8.36. The van der Waals surface area contributed by atoms with Crippen LogP contribution in [0.2, 0.25) is 0 Å². The van der Waals surface area contributed by atoms with Crippen molar-refractivity contribution in [3.8, 4) is 0 Å². The van der Waals surface area contributed by atoms with Crippen molar-refractivity contribution in [3.05, 3.63) is 34.9 Å². The first-order chi connectivity index (χ1) is 11.0. The lowest BCUT2D eigenvalue weighted by Crippen LogP contribution is -2.57. The third-order valence-corrected chi connectivity index (χ3v) is 5.09. The highest BCUT2D eigenvalue weighted by Crippen LogP contribution is 2.44. The second kappa shape index (κ2) is 5.16. The summed E-state index contributed by atoms with van der Waals surface area (Å²) in [6.45, 7) is 10.2. The molecule has 1 fully saturated rings. The Balaban J connectivity index is 2.11. The van der Waals surface area contributed by atoms with E-state index < -0.39 is 11.6 Å². The lowest BCUT2D eigenvalue weighted by Gasteiger charge is -2.39. The van der Waals surface area contributed by atoms with Crippen LogP contribution in [0.1, 0.15) is 68.9 Å². The molecule has 0 aliphatic carbocycles. The van der Waals surface area contributed by atoms with Gasteiger partial charge in [-0.05, 0) is 36.8 Å². The van der Waals surface area contributed by atoms with Gasteiger partial charge in [-0.2, -0.15) is 0 Å². The van der Waals surface area contributed by atoms with Gasteiger partial charge in [-0.3, -0.25) is 19.7 Å². The van der Waals surface area contributed by atoms with E-state index in [0.29, 0.717) is 12.0 Å². The lowest BCUT2D eigenvalue weighted by molar-refractivity contribution is -0.138.